The molecular formula is C20H19N3O5S. The van der Waals surface area contributed by atoms with Crippen LogP contribution in [-0.2, 0) is 26.3 Å². The highest BCUT2D eigenvalue weighted by atomic mass is 32.1. The average molecular weight is 413 g/mol. The summed E-state index contributed by atoms with van der Waals surface area (Å²) in [5.41, 5.74) is 0.935. The maximum Gasteiger partial charge on any atom is 0.341 e. The van der Waals surface area contributed by atoms with Crippen LogP contribution in [0.2, 0.25) is 0 Å². The molecule has 29 heavy (non-hydrogen) atoms. The van der Waals surface area contributed by atoms with Gasteiger partial charge in [0, 0.05) is 0 Å². The number of benzene rings is 1. The highest BCUT2D eigenvalue weighted by molar-refractivity contribution is 7.14. The first-order chi connectivity index (χ1) is 14.0. The van der Waals surface area contributed by atoms with Crippen molar-refractivity contribution in [2.45, 2.75) is 25.3 Å². The summed E-state index contributed by atoms with van der Waals surface area (Å²) in [5.74, 6) is -1.54. The van der Waals surface area contributed by atoms with E-state index in [9.17, 15) is 19.2 Å². The Morgan fingerprint density at radius 1 is 1.28 bits per heavy atom. The predicted molar refractivity (Wildman–Crippen MR) is 106 cm³/mol. The van der Waals surface area contributed by atoms with Gasteiger partial charge in [-0.2, -0.15) is 0 Å². The smallest absolute Gasteiger partial charge is 0.341 e. The van der Waals surface area contributed by atoms with Crippen molar-refractivity contribution in [3.63, 3.8) is 0 Å². The Kier molecular flexibility index (Phi) is 4.83. The molecule has 1 spiro atoms. The Labute approximate surface area is 170 Å². The summed E-state index contributed by atoms with van der Waals surface area (Å²) in [4.78, 5) is 51.0. The van der Waals surface area contributed by atoms with Gasteiger partial charge in [-0.1, -0.05) is 24.3 Å². The molecule has 1 aliphatic heterocycles. The van der Waals surface area contributed by atoms with E-state index in [1.807, 2.05) is 24.3 Å². The minimum atomic E-state index is -1.10. The third kappa shape index (κ3) is 3.17. The van der Waals surface area contributed by atoms with Crippen LogP contribution in [0.4, 0.5) is 9.80 Å². The van der Waals surface area contributed by atoms with Crippen LogP contribution in [-0.4, -0.2) is 41.9 Å². The van der Waals surface area contributed by atoms with Gasteiger partial charge in [0.15, 0.2) is 0 Å². The number of nitrogens with zero attached hydrogens (tertiary/aromatic N) is 1. The Hall–Kier alpha value is -3.20. The molecular weight excluding hydrogens is 394 g/mol. The van der Waals surface area contributed by atoms with Crippen LogP contribution in [0.5, 0.6) is 0 Å². The second-order valence-electron chi connectivity index (χ2n) is 6.82. The number of imide groups is 1. The molecule has 4 rings (SSSR count). The van der Waals surface area contributed by atoms with Gasteiger partial charge in [0.25, 0.3) is 5.91 Å². The van der Waals surface area contributed by atoms with Gasteiger partial charge in [0.05, 0.1) is 12.2 Å². The van der Waals surface area contributed by atoms with E-state index in [0.29, 0.717) is 17.8 Å². The van der Waals surface area contributed by atoms with E-state index in [1.165, 1.54) is 0 Å². The van der Waals surface area contributed by atoms with Gasteiger partial charge in [0.1, 0.15) is 17.1 Å². The molecule has 1 fully saturated rings. The number of aryl methyl sites for hydroxylation is 1. The van der Waals surface area contributed by atoms with Gasteiger partial charge < -0.3 is 15.4 Å². The number of thiophene rings is 1. The van der Waals surface area contributed by atoms with E-state index in [4.69, 9.17) is 4.74 Å². The molecule has 4 amide bonds. The summed E-state index contributed by atoms with van der Waals surface area (Å²) < 4.78 is 4.96. The van der Waals surface area contributed by atoms with E-state index in [1.54, 1.807) is 18.4 Å². The van der Waals surface area contributed by atoms with Crippen LogP contribution >= 0.6 is 11.3 Å². The molecule has 0 unspecified atom stereocenters. The first-order valence-corrected chi connectivity index (χ1v) is 10.1. The van der Waals surface area contributed by atoms with Gasteiger partial charge in [-0.15, -0.1) is 11.3 Å². The number of carbonyl (C=O) groups excluding carboxylic acids is 4. The highest BCUT2D eigenvalue weighted by Crippen LogP contribution is 2.41. The molecule has 8 nitrogen and oxygen atoms in total. The van der Waals surface area contributed by atoms with E-state index in [2.05, 4.69) is 10.6 Å². The molecule has 1 saturated heterocycles. The van der Waals surface area contributed by atoms with Crippen molar-refractivity contribution in [2.75, 3.05) is 18.5 Å². The topological polar surface area (TPSA) is 105 Å². The van der Waals surface area contributed by atoms with Gasteiger partial charge in [-0.05, 0) is 42.3 Å². The number of ether oxygens (including phenoxy) is 1. The third-order valence-electron chi connectivity index (χ3n) is 5.14. The van der Waals surface area contributed by atoms with Gasteiger partial charge in [0.2, 0.25) is 5.91 Å². The van der Waals surface area contributed by atoms with Crippen molar-refractivity contribution in [3.05, 3.63) is 52.4 Å². The Morgan fingerprint density at radius 3 is 2.86 bits per heavy atom. The van der Waals surface area contributed by atoms with Crippen molar-refractivity contribution in [2.24, 2.45) is 0 Å². The second-order valence-corrected chi connectivity index (χ2v) is 7.73. The lowest BCUT2D eigenvalue weighted by molar-refractivity contribution is -0.134. The summed E-state index contributed by atoms with van der Waals surface area (Å²) >= 11 is 1.16. The fourth-order valence-electron chi connectivity index (χ4n) is 3.82. The fraction of sp³-hybridized carbons (Fsp3) is 0.300. The minimum Gasteiger partial charge on any atom is -0.462 e. The average Bonchev–Trinajstić information content (AvgIpc) is 3.37. The first kappa shape index (κ1) is 19.1. The molecule has 0 bridgehead atoms. The number of hydrogen-bond donors (Lipinski definition) is 2. The standard InChI is InChI=1S/C20H19N3O5S/c1-2-28-17(25)13-8-10-29-16(13)21-15(24)11-23-18(26)20(22-19(23)27)9-7-12-5-3-4-6-14(12)20/h3-6,8,10H,2,7,9,11H2,1H3,(H,21,24)(H,22,27)/t20-/m1/s1. The zero-order valence-electron chi connectivity index (χ0n) is 15.7. The second kappa shape index (κ2) is 7.32. The predicted octanol–water partition coefficient (Wildman–Crippen LogP) is 2.26. The number of esters is 1. The molecule has 0 saturated carbocycles. The van der Waals surface area contributed by atoms with Crippen molar-refractivity contribution in [3.8, 4) is 0 Å². The number of urea groups is 1. The van der Waals surface area contributed by atoms with Crippen LogP contribution in [0, 0.1) is 0 Å². The molecule has 2 N–H and O–H groups in total. The Balaban J connectivity index is 1.49. The molecule has 150 valence electrons. The van der Waals surface area contributed by atoms with Crippen molar-refractivity contribution >= 4 is 40.2 Å². The molecule has 2 aliphatic rings. The molecule has 1 aliphatic carbocycles. The van der Waals surface area contributed by atoms with E-state index in [-0.39, 0.29) is 12.2 Å². The molecule has 2 heterocycles. The monoisotopic (exact) mass is 413 g/mol. The largest absolute Gasteiger partial charge is 0.462 e. The lowest BCUT2D eigenvalue weighted by Crippen LogP contribution is -2.43. The summed E-state index contributed by atoms with van der Waals surface area (Å²) in [6.07, 6.45) is 1.15. The minimum absolute atomic E-state index is 0.216. The van der Waals surface area contributed by atoms with Gasteiger partial charge >= 0.3 is 12.0 Å². The fourth-order valence-corrected chi connectivity index (χ4v) is 4.61. The highest BCUT2D eigenvalue weighted by Gasteiger charge is 2.55. The summed E-state index contributed by atoms with van der Waals surface area (Å²) in [6, 6.07) is 8.45. The van der Waals surface area contributed by atoms with Crippen molar-refractivity contribution in [1.82, 2.24) is 10.2 Å². The number of fused-ring (bicyclic) bond motifs is 2. The number of rotatable bonds is 5. The zero-order chi connectivity index (χ0) is 20.6. The van der Waals surface area contributed by atoms with Gasteiger partial charge in [-0.25, -0.2) is 9.59 Å². The Morgan fingerprint density at radius 2 is 2.07 bits per heavy atom. The van der Waals surface area contributed by atoms with Crippen LogP contribution in [0.15, 0.2) is 35.7 Å². The number of carbonyl (C=O) groups is 4. The van der Waals surface area contributed by atoms with Crippen molar-refractivity contribution < 1.29 is 23.9 Å². The molecule has 1 aromatic heterocycles. The van der Waals surface area contributed by atoms with E-state index >= 15 is 0 Å². The maximum absolute atomic E-state index is 13.1. The van der Waals surface area contributed by atoms with Crippen LogP contribution in [0.25, 0.3) is 0 Å². The summed E-state index contributed by atoms with van der Waals surface area (Å²) in [6.45, 7) is 1.47. The van der Waals surface area contributed by atoms with Crippen molar-refractivity contribution in [1.29, 1.82) is 0 Å². The van der Waals surface area contributed by atoms with Crippen LogP contribution < -0.4 is 10.6 Å². The number of hydrogen-bond acceptors (Lipinski definition) is 6. The Bertz CT molecular complexity index is 1020. The van der Waals surface area contributed by atoms with Crippen LogP contribution in [0.3, 0.4) is 0 Å². The molecule has 1 atom stereocenters. The SMILES string of the molecule is CCOC(=O)c1ccsc1NC(=O)CN1C(=O)N[C@@]2(CCc3ccccc32)C1=O. The van der Waals surface area contributed by atoms with Gasteiger partial charge in [-0.3, -0.25) is 14.5 Å². The number of amides is 4. The summed E-state index contributed by atoms with van der Waals surface area (Å²) in [7, 11) is 0. The number of anilines is 1. The molecule has 0 radical (unpaired) electrons. The third-order valence-corrected chi connectivity index (χ3v) is 5.97. The first-order valence-electron chi connectivity index (χ1n) is 9.23. The quantitative estimate of drug-likeness (QED) is 0.578. The number of nitrogens with one attached hydrogen (secondary N) is 2. The normalized spacial score (nSPS) is 20.0. The van der Waals surface area contributed by atoms with E-state index < -0.39 is 35.9 Å². The van der Waals surface area contributed by atoms with Crippen LogP contribution in [0.1, 0.15) is 34.8 Å². The lowest BCUT2D eigenvalue weighted by atomic mass is 9.92. The molecule has 2 aromatic rings. The summed E-state index contributed by atoms with van der Waals surface area (Å²) in [5, 5.41) is 7.36. The lowest BCUT2D eigenvalue weighted by Gasteiger charge is -2.22. The molecule has 1 aromatic carbocycles. The van der Waals surface area contributed by atoms with E-state index in [0.717, 1.165) is 27.4 Å². The maximum atomic E-state index is 13.1. The molecule has 9 heteroatoms. The zero-order valence-corrected chi connectivity index (χ0v) is 16.5.